The second-order valence-electron chi connectivity index (χ2n) is 18.3. The average Bonchev–Trinajstić information content (AvgIpc) is 4.13. The molecule has 0 unspecified atom stereocenters. The second-order valence-corrected chi connectivity index (χ2v) is 18.3. The van der Waals surface area contributed by atoms with Gasteiger partial charge in [-0.25, -0.2) is 0 Å². The van der Waals surface area contributed by atoms with E-state index in [1.54, 1.807) is 0 Å². The summed E-state index contributed by atoms with van der Waals surface area (Å²) in [5.41, 5.74) is 20.2. The van der Waals surface area contributed by atoms with Gasteiger partial charge in [0, 0.05) is 38.8 Å². The smallest absolute Gasteiger partial charge is 0.145 e. The predicted octanol–water partition coefficient (Wildman–Crippen LogP) is 17.3. The van der Waals surface area contributed by atoms with Crippen molar-refractivity contribution in [1.82, 2.24) is 4.57 Å². The van der Waals surface area contributed by atoms with Crippen LogP contribution in [0.3, 0.4) is 0 Å². The predicted molar refractivity (Wildman–Crippen MR) is 282 cm³/mol. The number of fused-ring (bicyclic) bond motifs is 19. The molecule has 2 aromatic heterocycles. The molecule has 11 aromatic carbocycles. The largest absolute Gasteiger partial charge is 0.455 e. The number of hydrogen-bond acceptors (Lipinski definition) is 2. The molecule has 13 aromatic rings. The zero-order valence-corrected chi connectivity index (χ0v) is 36.9. The van der Waals surface area contributed by atoms with Crippen LogP contribution in [0.4, 0.5) is 17.1 Å². The van der Waals surface area contributed by atoms with Gasteiger partial charge >= 0.3 is 0 Å². The molecule has 2 aliphatic rings. The molecule has 0 aliphatic heterocycles. The molecule has 1 spiro atoms. The van der Waals surface area contributed by atoms with Crippen LogP contribution >= 0.6 is 0 Å². The van der Waals surface area contributed by atoms with Crippen molar-refractivity contribution in [3.8, 4) is 39.1 Å². The molecule has 3 nitrogen and oxygen atoms in total. The summed E-state index contributed by atoms with van der Waals surface area (Å²) in [6.45, 7) is 0. The molecule has 0 saturated carbocycles. The highest BCUT2D eigenvalue weighted by Crippen LogP contribution is 2.66. The lowest BCUT2D eigenvalue weighted by Crippen LogP contribution is -2.26. The number of anilines is 3. The van der Waals surface area contributed by atoms with Gasteiger partial charge in [-0.1, -0.05) is 188 Å². The minimum atomic E-state index is -0.615. The van der Waals surface area contributed by atoms with Crippen LogP contribution in [0.15, 0.2) is 247 Å². The molecule has 0 N–H and O–H groups in total. The highest BCUT2D eigenvalue weighted by molar-refractivity contribution is 6.22. The van der Waals surface area contributed by atoms with E-state index in [2.05, 4.69) is 252 Å². The van der Waals surface area contributed by atoms with Crippen molar-refractivity contribution in [2.45, 2.75) is 5.41 Å². The second kappa shape index (κ2) is 14.0. The number of rotatable bonds is 5. The maximum atomic E-state index is 7.38. The van der Waals surface area contributed by atoms with Crippen LogP contribution in [-0.2, 0) is 5.41 Å². The van der Waals surface area contributed by atoms with Crippen LogP contribution in [0.5, 0.6) is 0 Å². The first-order valence-electron chi connectivity index (χ1n) is 23.5. The number of para-hydroxylation sites is 3. The first-order valence-corrected chi connectivity index (χ1v) is 23.5. The van der Waals surface area contributed by atoms with E-state index in [0.29, 0.717) is 0 Å². The maximum absolute atomic E-state index is 7.38. The summed E-state index contributed by atoms with van der Waals surface area (Å²) in [5.74, 6) is 0. The number of furan rings is 1. The van der Waals surface area contributed by atoms with E-state index < -0.39 is 5.41 Å². The minimum absolute atomic E-state index is 0.615. The van der Waals surface area contributed by atoms with Crippen molar-refractivity contribution < 1.29 is 4.42 Å². The lowest BCUT2D eigenvalue weighted by molar-refractivity contribution is 0.669. The van der Waals surface area contributed by atoms with Gasteiger partial charge in [0.2, 0.25) is 0 Å². The summed E-state index contributed by atoms with van der Waals surface area (Å²) in [7, 11) is 0. The molecule has 68 heavy (non-hydrogen) atoms. The highest BCUT2D eigenvalue weighted by atomic mass is 16.3. The van der Waals surface area contributed by atoms with E-state index in [-0.39, 0.29) is 0 Å². The van der Waals surface area contributed by atoms with E-state index >= 15 is 0 Å². The highest BCUT2D eigenvalue weighted by Gasteiger charge is 2.53. The van der Waals surface area contributed by atoms with Gasteiger partial charge in [0.05, 0.1) is 27.5 Å². The van der Waals surface area contributed by atoms with Gasteiger partial charge in [-0.2, -0.15) is 0 Å². The van der Waals surface area contributed by atoms with Crippen molar-refractivity contribution in [2.75, 3.05) is 4.90 Å². The number of nitrogens with zero attached hydrogens (tertiary/aromatic N) is 2. The Morgan fingerprint density at radius 1 is 0.382 bits per heavy atom. The molecule has 2 aliphatic carbocycles. The molecule has 316 valence electrons. The SMILES string of the molecule is c1ccc(-c2ccc(N(c3ccc4c5ccccc5n(-c5ccccc5)c4c3)c3cc4c(c5oc6ccccc6c35)-c3c(ccc5ccccc35)C43c4ccccc4-c4ccccc43)cc2)cc1. The van der Waals surface area contributed by atoms with Gasteiger partial charge < -0.3 is 13.9 Å². The van der Waals surface area contributed by atoms with Gasteiger partial charge in [0.25, 0.3) is 0 Å². The molecule has 15 rings (SSSR count). The van der Waals surface area contributed by atoms with Crippen molar-refractivity contribution >= 4 is 71.6 Å². The van der Waals surface area contributed by atoms with Crippen LogP contribution < -0.4 is 4.90 Å². The summed E-state index contributed by atoms with van der Waals surface area (Å²) in [6, 6.07) is 89.2. The van der Waals surface area contributed by atoms with E-state index in [1.807, 2.05) is 0 Å². The topological polar surface area (TPSA) is 21.3 Å². The molecule has 0 radical (unpaired) electrons. The van der Waals surface area contributed by atoms with Gasteiger partial charge in [-0.3, -0.25) is 0 Å². The molecule has 0 atom stereocenters. The van der Waals surface area contributed by atoms with Crippen molar-refractivity contribution in [2.24, 2.45) is 0 Å². The minimum Gasteiger partial charge on any atom is -0.455 e. The van der Waals surface area contributed by atoms with Gasteiger partial charge in [0.1, 0.15) is 11.2 Å². The molecule has 0 bridgehead atoms. The molecular weight excluding hydrogens is 825 g/mol. The zero-order valence-electron chi connectivity index (χ0n) is 36.9. The van der Waals surface area contributed by atoms with Gasteiger partial charge in [-0.05, 0) is 115 Å². The van der Waals surface area contributed by atoms with Crippen LogP contribution in [-0.4, -0.2) is 4.57 Å². The number of aromatic nitrogens is 1. The first kappa shape index (κ1) is 37.3. The fourth-order valence-electron chi connectivity index (χ4n) is 12.2. The van der Waals surface area contributed by atoms with Crippen molar-refractivity contribution in [3.63, 3.8) is 0 Å². The van der Waals surface area contributed by atoms with E-state index in [9.17, 15) is 0 Å². The third-order valence-electron chi connectivity index (χ3n) is 15.0. The molecule has 2 heterocycles. The Labute approximate surface area is 393 Å². The normalized spacial score (nSPS) is 13.1. The maximum Gasteiger partial charge on any atom is 0.145 e. The van der Waals surface area contributed by atoms with E-state index in [4.69, 9.17) is 4.42 Å². The number of benzene rings is 11. The fourth-order valence-corrected chi connectivity index (χ4v) is 12.2. The van der Waals surface area contributed by atoms with Gasteiger partial charge in [-0.15, -0.1) is 0 Å². The summed E-state index contributed by atoms with van der Waals surface area (Å²) in [4.78, 5) is 2.49. The molecule has 0 amide bonds. The monoisotopic (exact) mass is 864 g/mol. The van der Waals surface area contributed by atoms with Crippen LogP contribution in [0.25, 0.3) is 93.6 Å². The fraction of sp³-hybridized carbons (Fsp3) is 0.0154. The Kier molecular flexibility index (Phi) is 7.71. The molecule has 0 saturated heterocycles. The summed E-state index contributed by atoms with van der Waals surface area (Å²) in [6.07, 6.45) is 0. The van der Waals surface area contributed by atoms with E-state index in [1.165, 1.54) is 77.1 Å². The summed E-state index contributed by atoms with van der Waals surface area (Å²) < 4.78 is 9.79. The van der Waals surface area contributed by atoms with Crippen LogP contribution in [0.1, 0.15) is 22.3 Å². The van der Waals surface area contributed by atoms with Crippen LogP contribution in [0, 0.1) is 0 Å². The van der Waals surface area contributed by atoms with Gasteiger partial charge in [0.15, 0.2) is 0 Å². The van der Waals surface area contributed by atoms with E-state index in [0.717, 1.165) is 55.8 Å². The lowest BCUT2D eigenvalue weighted by atomic mass is 9.70. The van der Waals surface area contributed by atoms with Crippen LogP contribution in [0.2, 0.25) is 0 Å². The lowest BCUT2D eigenvalue weighted by Gasteiger charge is -2.32. The Balaban J connectivity index is 1.10. The average molecular weight is 865 g/mol. The summed E-state index contributed by atoms with van der Waals surface area (Å²) in [5, 5.41) is 7.05. The molecule has 3 heteroatoms. The Morgan fingerprint density at radius 2 is 0.985 bits per heavy atom. The third kappa shape index (κ3) is 4.97. The third-order valence-corrected chi connectivity index (χ3v) is 15.0. The standard InChI is InChI=1S/C65H40N2O/c1-3-17-41(18-4-1)42-31-34-45(35-32-42)66(46-36-37-51-50-25-11-15-29-57(50)67(58(51)39-46)44-20-5-2-6-21-44)59-40-56-63(64-62(59)52-26-12-16-30-60(52)68-64)61-47-22-8-7-19-43(47)33-38-55(61)65(56)53-27-13-9-23-48(53)49-24-10-14-28-54(49)65/h1-40H. The Morgan fingerprint density at radius 3 is 1.76 bits per heavy atom. The number of hydrogen-bond donors (Lipinski definition) is 0. The zero-order chi connectivity index (χ0) is 44.5. The first-order chi connectivity index (χ1) is 33.8. The Hall–Kier alpha value is -8.92. The molecule has 0 fully saturated rings. The quantitative estimate of drug-likeness (QED) is 0.172. The Bertz CT molecular complexity index is 4150. The summed E-state index contributed by atoms with van der Waals surface area (Å²) >= 11 is 0. The van der Waals surface area contributed by atoms with Crippen molar-refractivity contribution in [3.05, 3.63) is 265 Å². The molecular formula is C65H40N2O. The van der Waals surface area contributed by atoms with Crippen molar-refractivity contribution in [1.29, 1.82) is 0 Å².